The highest BCUT2D eigenvalue weighted by atomic mass is 16.6. The predicted octanol–water partition coefficient (Wildman–Crippen LogP) is 2.91. The Morgan fingerprint density at radius 2 is 1.86 bits per heavy atom. The summed E-state index contributed by atoms with van der Waals surface area (Å²) in [6, 6.07) is 7.50. The number of rotatable bonds is 5. The minimum Gasteiger partial charge on any atom is -0.465 e. The number of fused-ring (bicyclic) bond motifs is 1. The van der Waals surface area contributed by atoms with E-state index in [4.69, 9.17) is 9.47 Å². The normalized spacial score (nSPS) is 15.5. The molecule has 8 heteroatoms. The predicted molar refractivity (Wildman–Crippen MR) is 109 cm³/mol. The van der Waals surface area contributed by atoms with Crippen molar-refractivity contribution in [3.63, 3.8) is 0 Å². The number of H-pyrrole nitrogens is 1. The second-order valence-corrected chi connectivity index (χ2v) is 8.36. The second kappa shape index (κ2) is 8.71. The molecule has 1 saturated heterocycles. The number of aromatic amines is 1. The second-order valence-electron chi connectivity index (χ2n) is 8.36. The van der Waals surface area contributed by atoms with Gasteiger partial charge in [-0.1, -0.05) is 12.1 Å². The molecule has 0 bridgehead atoms. The van der Waals surface area contributed by atoms with E-state index in [2.05, 4.69) is 4.98 Å². The number of para-hydroxylation sites is 2. The van der Waals surface area contributed by atoms with Gasteiger partial charge in [0.05, 0.1) is 23.6 Å². The Kier molecular flexibility index (Phi) is 6.30. The number of aryl methyl sites for hydroxylation is 1. The number of esters is 1. The van der Waals surface area contributed by atoms with Gasteiger partial charge in [0.1, 0.15) is 5.60 Å². The number of carbonyl (C=O) groups excluding carboxylic acids is 2. The molecule has 1 fully saturated rings. The summed E-state index contributed by atoms with van der Waals surface area (Å²) in [5.74, 6) is -0.440. The molecule has 1 aromatic heterocycles. The van der Waals surface area contributed by atoms with Crippen molar-refractivity contribution < 1.29 is 19.1 Å². The van der Waals surface area contributed by atoms with E-state index in [-0.39, 0.29) is 30.3 Å². The fourth-order valence-electron chi connectivity index (χ4n) is 3.47. The molecule has 1 amide bonds. The Balaban J connectivity index is 1.41. The highest BCUT2D eigenvalue weighted by Crippen LogP contribution is 2.21. The molecule has 8 nitrogen and oxygen atoms in total. The van der Waals surface area contributed by atoms with Gasteiger partial charge in [-0.2, -0.15) is 0 Å². The van der Waals surface area contributed by atoms with Crippen LogP contribution < -0.4 is 5.69 Å². The first-order valence-electron chi connectivity index (χ1n) is 10.1. The van der Waals surface area contributed by atoms with Gasteiger partial charge in [-0.25, -0.2) is 9.59 Å². The molecule has 0 spiro atoms. The van der Waals surface area contributed by atoms with E-state index in [0.29, 0.717) is 38.9 Å². The van der Waals surface area contributed by atoms with Crippen molar-refractivity contribution in [1.82, 2.24) is 14.5 Å². The van der Waals surface area contributed by atoms with Gasteiger partial charge in [-0.3, -0.25) is 9.36 Å². The summed E-state index contributed by atoms with van der Waals surface area (Å²) in [4.78, 5) is 40.9. The van der Waals surface area contributed by atoms with Gasteiger partial charge in [0.25, 0.3) is 0 Å². The van der Waals surface area contributed by atoms with Gasteiger partial charge in [0.2, 0.25) is 0 Å². The lowest BCUT2D eigenvalue weighted by molar-refractivity contribution is -0.150. The maximum Gasteiger partial charge on any atom is 0.410 e. The topological polar surface area (TPSA) is 93.6 Å². The number of amides is 1. The maximum atomic E-state index is 12.3. The quantitative estimate of drug-likeness (QED) is 0.612. The lowest BCUT2D eigenvalue weighted by Gasteiger charge is -2.32. The van der Waals surface area contributed by atoms with Crippen LogP contribution in [-0.4, -0.2) is 51.8 Å². The van der Waals surface area contributed by atoms with Gasteiger partial charge >= 0.3 is 17.8 Å². The Labute approximate surface area is 169 Å². The molecule has 29 heavy (non-hydrogen) atoms. The fourth-order valence-corrected chi connectivity index (χ4v) is 3.47. The summed E-state index contributed by atoms with van der Waals surface area (Å²) >= 11 is 0. The van der Waals surface area contributed by atoms with Crippen LogP contribution in [-0.2, 0) is 20.8 Å². The summed E-state index contributed by atoms with van der Waals surface area (Å²) in [6.07, 6.45) is 1.36. The lowest BCUT2D eigenvalue weighted by Crippen LogP contribution is -2.43. The smallest absolute Gasteiger partial charge is 0.410 e. The molecule has 2 heterocycles. The molecule has 1 aliphatic rings. The third kappa shape index (κ3) is 5.40. The van der Waals surface area contributed by atoms with Crippen molar-refractivity contribution in [1.29, 1.82) is 0 Å². The minimum absolute atomic E-state index is 0.160. The van der Waals surface area contributed by atoms with Crippen LogP contribution in [0.5, 0.6) is 0 Å². The van der Waals surface area contributed by atoms with Gasteiger partial charge in [0.15, 0.2) is 0 Å². The minimum atomic E-state index is -0.528. The van der Waals surface area contributed by atoms with Crippen molar-refractivity contribution in [3.8, 4) is 0 Å². The first-order chi connectivity index (χ1) is 13.7. The zero-order valence-electron chi connectivity index (χ0n) is 17.3. The van der Waals surface area contributed by atoms with Crippen molar-refractivity contribution in [2.24, 2.45) is 5.92 Å². The molecule has 158 valence electrons. The molecule has 1 aliphatic heterocycles. The third-order valence-corrected chi connectivity index (χ3v) is 4.93. The van der Waals surface area contributed by atoms with Crippen molar-refractivity contribution >= 4 is 23.1 Å². The number of aromatic nitrogens is 2. The average Bonchev–Trinajstić information content (AvgIpc) is 2.99. The maximum absolute atomic E-state index is 12.3. The first-order valence-corrected chi connectivity index (χ1v) is 10.1. The van der Waals surface area contributed by atoms with E-state index in [1.165, 1.54) is 0 Å². The Morgan fingerprint density at radius 3 is 2.55 bits per heavy atom. The Morgan fingerprint density at radius 1 is 1.17 bits per heavy atom. The highest BCUT2D eigenvalue weighted by molar-refractivity contribution is 5.75. The number of carbonyl (C=O) groups is 2. The first kappa shape index (κ1) is 21.0. The van der Waals surface area contributed by atoms with Crippen LogP contribution in [0, 0.1) is 5.92 Å². The molecule has 0 saturated carbocycles. The average molecular weight is 403 g/mol. The summed E-state index contributed by atoms with van der Waals surface area (Å²) in [6.45, 7) is 7.21. The van der Waals surface area contributed by atoms with E-state index in [1.54, 1.807) is 9.47 Å². The van der Waals surface area contributed by atoms with Gasteiger partial charge in [-0.15, -0.1) is 0 Å². The molecule has 2 aromatic rings. The van der Waals surface area contributed by atoms with Crippen LogP contribution >= 0.6 is 0 Å². The highest BCUT2D eigenvalue weighted by Gasteiger charge is 2.30. The monoisotopic (exact) mass is 403 g/mol. The Bertz CT molecular complexity index is 916. The van der Waals surface area contributed by atoms with Crippen LogP contribution in [0.4, 0.5) is 4.79 Å². The number of nitrogens with zero attached hydrogens (tertiary/aromatic N) is 2. The Hall–Kier alpha value is -2.77. The molecule has 3 rings (SSSR count). The molecule has 1 N–H and O–H groups in total. The van der Waals surface area contributed by atoms with Crippen molar-refractivity contribution in [3.05, 3.63) is 34.7 Å². The van der Waals surface area contributed by atoms with Gasteiger partial charge in [-0.05, 0) is 52.2 Å². The SMILES string of the molecule is CC(C)(C)OC(=O)N1CCC(C(=O)OCCCn2c(=O)[nH]c3ccccc32)CC1. The molecular formula is C21H29N3O5. The molecule has 0 atom stereocenters. The lowest BCUT2D eigenvalue weighted by atomic mass is 9.97. The van der Waals surface area contributed by atoms with E-state index < -0.39 is 5.60 Å². The van der Waals surface area contributed by atoms with Gasteiger partial charge in [0, 0.05) is 19.6 Å². The number of nitrogens with one attached hydrogen (secondary N) is 1. The van der Waals surface area contributed by atoms with Crippen molar-refractivity contribution in [2.45, 2.75) is 52.2 Å². The molecule has 0 aliphatic carbocycles. The van der Waals surface area contributed by atoms with Crippen LogP contribution in [0.15, 0.2) is 29.1 Å². The number of benzene rings is 1. The zero-order chi connectivity index (χ0) is 21.0. The summed E-state index contributed by atoms with van der Waals surface area (Å²) < 4.78 is 12.4. The van der Waals surface area contributed by atoms with Crippen LogP contribution in [0.3, 0.4) is 0 Å². The summed E-state index contributed by atoms with van der Waals surface area (Å²) in [5, 5.41) is 0. The van der Waals surface area contributed by atoms with Crippen LogP contribution in [0.1, 0.15) is 40.0 Å². The van der Waals surface area contributed by atoms with E-state index in [1.807, 2.05) is 45.0 Å². The van der Waals surface area contributed by atoms with Crippen LogP contribution in [0.2, 0.25) is 0 Å². The van der Waals surface area contributed by atoms with E-state index in [0.717, 1.165) is 11.0 Å². The molecule has 1 aromatic carbocycles. The van der Waals surface area contributed by atoms with Gasteiger partial charge < -0.3 is 19.4 Å². The number of ether oxygens (including phenoxy) is 2. The zero-order valence-corrected chi connectivity index (χ0v) is 17.3. The molecule has 0 radical (unpaired) electrons. The van der Waals surface area contributed by atoms with Crippen molar-refractivity contribution in [2.75, 3.05) is 19.7 Å². The number of hydrogen-bond donors (Lipinski definition) is 1. The van der Waals surface area contributed by atoms with E-state index in [9.17, 15) is 14.4 Å². The van der Waals surface area contributed by atoms with E-state index >= 15 is 0 Å². The summed E-state index contributed by atoms with van der Waals surface area (Å²) in [5.41, 5.74) is 0.955. The number of piperidine rings is 1. The third-order valence-electron chi connectivity index (χ3n) is 4.93. The van der Waals surface area contributed by atoms with Crippen LogP contribution in [0.25, 0.3) is 11.0 Å². The number of likely N-dealkylation sites (tertiary alicyclic amines) is 1. The fraction of sp³-hybridized carbons (Fsp3) is 0.571. The largest absolute Gasteiger partial charge is 0.465 e. The summed E-state index contributed by atoms with van der Waals surface area (Å²) in [7, 11) is 0. The number of hydrogen-bond acceptors (Lipinski definition) is 5. The number of imidazole rings is 1. The molecular weight excluding hydrogens is 374 g/mol. The standard InChI is InChI=1S/C21H29N3O5/c1-21(2,3)29-20(27)23-12-9-15(10-13-23)18(25)28-14-6-11-24-17-8-5-4-7-16(17)22-19(24)26/h4-5,7-8,15H,6,9-14H2,1-3H3,(H,22,26). The molecule has 0 unspecified atom stereocenters.